The zero-order chi connectivity index (χ0) is 11.4. The predicted molar refractivity (Wildman–Crippen MR) is 67.1 cm³/mol. The second kappa shape index (κ2) is 5.78. The van der Waals surface area contributed by atoms with Crippen molar-refractivity contribution in [2.75, 3.05) is 5.75 Å². The number of thioether (sulfide) groups is 1. The Morgan fingerprint density at radius 1 is 1.53 bits per heavy atom. The standard InChI is InChI=1S/C12H23NOS/c1-5-6-10-11(13-9(4)14)7-15-12(10)8(2)3/h8,10-12H,5-7H2,1-4H3,(H,13,14). The predicted octanol–water partition coefficient (Wildman–Crippen LogP) is 2.68. The number of nitrogens with one attached hydrogen (secondary N) is 1. The van der Waals surface area contributed by atoms with Crippen LogP contribution in [0, 0.1) is 11.8 Å². The molecule has 1 N–H and O–H groups in total. The molecule has 15 heavy (non-hydrogen) atoms. The number of amides is 1. The number of carbonyl (C=O) groups is 1. The van der Waals surface area contributed by atoms with Crippen molar-refractivity contribution in [1.82, 2.24) is 5.32 Å². The largest absolute Gasteiger partial charge is 0.352 e. The van der Waals surface area contributed by atoms with Gasteiger partial charge in [-0.2, -0.15) is 11.8 Å². The van der Waals surface area contributed by atoms with Crippen LogP contribution < -0.4 is 5.32 Å². The lowest BCUT2D eigenvalue weighted by Crippen LogP contribution is -2.40. The molecule has 3 unspecified atom stereocenters. The van der Waals surface area contributed by atoms with Gasteiger partial charge in [0.05, 0.1) is 0 Å². The molecule has 1 saturated heterocycles. The van der Waals surface area contributed by atoms with E-state index in [0.29, 0.717) is 17.9 Å². The third-order valence-corrected chi connectivity index (χ3v) is 4.91. The van der Waals surface area contributed by atoms with Gasteiger partial charge in [0.25, 0.3) is 0 Å². The molecular weight excluding hydrogens is 206 g/mol. The van der Waals surface area contributed by atoms with Gasteiger partial charge in [-0.3, -0.25) is 4.79 Å². The second-order valence-electron chi connectivity index (χ2n) is 4.80. The van der Waals surface area contributed by atoms with Crippen LogP contribution in [0.3, 0.4) is 0 Å². The normalized spacial score (nSPS) is 30.9. The highest BCUT2D eigenvalue weighted by atomic mass is 32.2. The molecule has 0 aliphatic carbocycles. The summed E-state index contributed by atoms with van der Waals surface area (Å²) in [5, 5.41) is 3.83. The molecule has 0 aromatic heterocycles. The SMILES string of the molecule is CCCC1C(NC(C)=O)CSC1C(C)C. The van der Waals surface area contributed by atoms with Gasteiger partial charge >= 0.3 is 0 Å². The van der Waals surface area contributed by atoms with Gasteiger partial charge in [-0.15, -0.1) is 0 Å². The maximum Gasteiger partial charge on any atom is 0.217 e. The van der Waals surface area contributed by atoms with Gasteiger partial charge in [-0.05, 0) is 18.3 Å². The lowest BCUT2D eigenvalue weighted by Gasteiger charge is -2.26. The van der Waals surface area contributed by atoms with E-state index < -0.39 is 0 Å². The maximum atomic E-state index is 11.1. The molecule has 1 aliphatic heterocycles. The molecule has 88 valence electrons. The fourth-order valence-electron chi connectivity index (χ4n) is 2.49. The molecule has 0 saturated carbocycles. The van der Waals surface area contributed by atoms with Crippen molar-refractivity contribution in [3.63, 3.8) is 0 Å². The van der Waals surface area contributed by atoms with Crippen LogP contribution in [-0.2, 0) is 4.79 Å². The van der Waals surface area contributed by atoms with Crippen LogP contribution >= 0.6 is 11.8 Å². The minimum Gasteiger partial charge on any atom is -0.352 e. The molecule has 1 rings (SSSR count). The minimum atomic E-state index is 0.117. The Hall–Kier alpha value is -0.180. The van der Waals surface area contributed by atoms with Gasteiger partial charge in [0.15, 0.2) is 0 Å². The maximum absolute atomic E-state index is 11.1. The average molecular weight is 229 g/mol. The van der Waals surface area contributed by atoms with Gasteiger partial charge in [-0.1, -0.05) is 27.2 Å². The van der Waals surface area contributed by atoms with Crippen molar-refractivity contribution in [2.45, 2.75) is 51.8 Å². The Labute approximate surface area is 97.6 Å². The Balaban J connectivity index is 2.61. The third kappa shape index (κ3) is 3.40. The fraction of sp³-hybridized carbons (Fsp3) is 0.917. The van der Waals surface area contributed by atoms with E-state index in [4.69, 9.17) is 0 Å². The number of hydrogen-bond donors (Lipinski definition) is 1. The molecule has 1 aliphatic rings. The first kappa shape index (κ1) is 12.9. The molecule has 0 aromatic rings. The molecule has 1 amide bonds. The summed E-state index contributed by atoms with van der Waals surface area (Å²) < 4.78 is 0. The Morgan fingerprint density at radius 2 is 2.20 bits per heavy atom. The zero-order valence-corrected chi connectivity index (χ0v) is 11.1. The Bertz CT molecular complexity index is 218. The summed E-state index contributed by atoms with van der Waals surface area (Å²) in [7, 11) is 0. The summed E-state index contributed by atoms with van der Waals surface area (Å²) in [5.74, 6) is 2.59. The molecule has 1 heterocycles. The molecular formula is C12H23NOS. The zero-order valence-electron chi connectivity index (χ0n) is 10.2. The highest BCUT2D eigenvalue weighted by Crippen LogP contribution is 2.39. The van der Waals surface area contributed by atoms with Crippen LogP contribution in [0.1, 0.15) is 40.5 Å². The quantitative estimate of drug-likeness (QED) is 0.803. The number of carbonyl (C=O) groups excluding carboxylic acids is 1. The first-order chi connectivity index (χ1) is 7.06. The summed E-state index contributed by atoms with van der Waals surface area (Å²) in [4.78, 5) is 11.1. The van der Waals surface area contributed by atoms with Crippen LogP contribution in [0.4, 0.5) is 0 Å². The molecule has 0 spiro atoms. The van der Waals surface area contributed by atoms with Gasteiger partial charge in [0, 0.05) is 24.0 Å². The minimum absolute atomic E-state index is 0.117. The average Bonchev–Trinajstić information content (AvgIpc) is 2.48. The number of rotatable bonds is 4. The van der Waals surface area contributed by atoms with Crippen molar-refractivity contribution < 1.29 is 4.79 Å². The molecule has 0 radical (unpaired) electrons. The fourth-order valence-corrected chi connectivity index (χ4v) is 4.20. The monoisotopic (exact) mass is 229 g/mol. The van der Waals surface area contributed by atoms with E-state index in [2.05, 4.69) is 26.1 Å². The topological polar surface area (TPSA) is 29.1 Å². The van der Waals surface area contributed by atoms with Gasteiger partial charge in [-0.25, -0.2) is 0 Å². The first-order valence-corrected chi connectivity index (χ1v) is 6.99. The smallest absolute Gasteiger partial charge is 0.217 e. The second-order valence-corrected chi connectivity index (χ2v) is 6.01. The van der Waals surface area contributed by atoms with E-state index >= 15 is 0 Å². The molecule has 3 atom stereocenters. The summed E-state index contributed by atoms with van der Waals surface area (Å²) in [5.41, 5.74) is 0. The van der Waals surface area contributed by atoms with Crippen molar-refractivity contribution in [3.05, 3.63) is 0 Å². The highest BCUT2D eigenvalue weighted by molar-refractivity contribution is 8.00. The van der Waals surface area contributed by atoms with Crippen molar-refractivity contribution in [1.29, 1.82) is 0 Å². The van der Waals surface area contributed by atoms with Crippen LogP contribution in [-0.4, -0.2) is 23.0 Å². The third-order valence-electron chi connectivity index (χ3n) is 3.07. The molecule has 3 heteroatoms. The van der Waals surface area contributed by atoms with Gasteiger partial charge in [0.2, 0.25) is 5.91 Å². The van der Waals surface area contributed by atoms with Crippen molar-refractivity contribution in [3.8, 4) is 0 Å². The van der Waals surface area contributed by atoms with Crippen molar-refractivity contribution >= 4 is 17.7 Å². The molecule has 2 nitrogen and oxygen atoms in total. The van der Waals surface area contributed by atoms with E-state index in [1.54, 1.807) is 6.92 Å². The molecule has 0 aromatic carbocycles. The van der Waals surface area contributed by atoms with Gasteiger partial charge in [0.1, 0.15) is 0 Å². The molecule has 0 bridgehead atoms. The van der Waals surface area contributed by atoms with Crippen LogP contribution in [0.5, 0.6) is 0 Å². The van der Waals surface area contributed by atoms with Crippen molar-refractivity contribution in [2.24, 2.45) is 11.8 Å². The summed E-state index contributed by atoms with van der Waals surface area (Å²) in [6, 6.07) is 0.403. The van der Waals surface area contributed by atoms with E-state index in [-0.39, 0.29) is 5.91 Å². The van der Waals surface area contributed by atoms with E-state index in [1.807, 2.05) is 11.8 Å². The Morgan fingerprint density at radius 3 is 2.67 bits per heavy atom. The summed E-state index contributed by atoms with van der Waals surface area (Å²) in [6.07, 6.45) is 2.45. The highest BCUT2D eigenvalue weighted by Gasteiger charge is 2.37. The summed E-state index contributed by atoms with van der Waals surface area (Å²) >= 11 is 2.03. The lowest BCUT2D eigenvalue weighted by molar-refractivity contribution is -0.119. The van der Waals surface area contributed by atoms with E-state index in [9.17, 15) is 4.79 Å². The van der Waals surface area contributed by atoms with Crippen LogP contribution in [0.15, 0.2) is 0 Å². The summed E-state index contributed by atoms with van der Waals surface area (Å²) in [6.45, 7) is 8.43. The first-order valence-electron chi connectivity index (χ1n) is 5.95. The van der Waals surface area contributed by atoms with Gasteiger partial charge < -0.3 is 5.32 Å². The van der Waals surface area contributed by atoms with Crippen LogP contribution in [0.25, 0.3) is 0 Å². The molecule has 1 fully saturated rings. The van der Waals surface area contributed by atoms with Crippen LogP contribution in [0.2, 0.25) is 0 Å². The Kier molecular flexibility index (Phi) is 4.97. The lowest BCUT2D eigenvalue weighted by atomic mass is 9.87. The van der Waals surface area contributed by atoms with E-state index in [1.165, 1.54) is 12.8 Å². The van der Waals surface area contributed by atoms with E-state index in [0.717, 1.165) is 11.0 Å². The number of hydrogen-bond acceptors (Lipinski definition) is 2.